The predicted molar refractivity (Wildman–Crippen MR) is 13.2 cm³/mol. The molecule has 0 atom stereocenters. The Balaban J connectivity index is 0. The van der Waals surface area contributed by atoms with Crippen molar-refractivity contribution in [3.63, 3.8) is 0 Å². The summed E-state index contributed by atoms with van der Waals surface area (Å²) >= 11 is 0. The monoisotopic (exact) mass is 136 g/mol. The zero-order valence-electron chi connectivity index (χ0n) is 2.00. The van der Waals surface area contributed by atoms with E-state index in [4.69, 9.17) is 0 Å². The summed E-state index contributed by atoms with van der Waals surface area (Å²) in [6.07, 6.45) is 0. The molecule has 0 N–H and O–H groups in total. The second-order valence-corrected chi connectivity index (χ2v) is 0. The van der Waals surface area contributed by atoms with E-state index in [1.807, 2.05) is 0 Å². The number of hydrogen-bond donors (Lipinski definition) is 0. The maximum absolute atomic E-state index is 0. The van der Waals surface area contributed by atoms with Crippen molar-refractivity contribution in [3.8, 4) is 0 Å². The molecule has 0 unspecified atom stereocenters. The maximum Gasteiger partial charge on any atom is 0 e. The van der Waals surface area contributed by atoms with E-state index in [0.29, 0.717) is 0 Å². The van der Waals surface area contributed by atoms with Gasteiger partial charge in [0.1, 0.15) is 0 Å². The number of rotatable bonds is 0. The summed E-state index contributed by atoms with van der Waals surface area (Å²) in [6.45, 7) is 0. The van der Waals surface area contributed by atoms with Gasteiger partial charge in [0, 0.05) is 58.3 Å². The molecule has 5 heavy (non-hydrogen) atoms. The fourth-order valence-corrected chi connectivity index (χ4v) is 0. The molecule has 0 saturated heterocycles. The first-order valence-corrected chi connectivity index (χ1v) is 0. The molecule has 0 aromatic heterocycles. The third kappa shape index (κ3) is 31.3. The van der Waals surface area contributed by atoms with E-state index in [0.717, 1.165) is 0 Å². The van der Waals surface area contributed by atoms with Gasteiger partial charge in [0.15, 0.2) is 0 Å². The Morgan fingerprint density at radius 2 is 0.600 bits per heavy atom. The topological polar surface area (TPSA) is 0 Å². The van der Waals surface area contributed by atoms with Crippen molar-refractivity contribution in [1.29, 1.82) is 0 Å². The van der Waals surface area contributed by atoms with Crippen LogP contribution in [0.15, 0.2) is 0 Å². The zero-order valence-corrected chi connectivity index (χ0v) is 5.12. The van der Waals surface area contributed by atoms with Crippen molar-refractivity contribution in [1.82, 2.24) is 0 Å². The quantitative estimate of drug-likeness (QED) is 0.431. The second-order valence-electron chi connectivity index (χ2n) is 0. The van der Waals surface area contributed by atoms with Crippen LogP contribution in [0, 0.1) is 14.9 Å². The molecule has 24 valence electrons. The molecular weight excluding hydrogens is 132 g/mol. The summed E-state index contributed by atoms with van der Waals surface area (Å²) in [5, 5.41) is 0. The Morgan fingerprint density at radius 3 is 0.600 bits per heavy atom. The van der Waals surface area contributed by atoms with E-state index >= 15 is 0 Å². The summed E-state index contributed by atoms with van der Waals surface area (Å²) in [6, 6.07) is 0. The summed E-state index contributed by atoms with van der Waals surface area (Å²) in [4.78, 5) is 0. The summed E-state index contributed by atoms with van der Waals surface area (Å²) < 4.78 is 0. The first-order chi connectivity index (χ1) is 0. The van der Waals surface area contributed by atoms with Crippen LogP contribution in [0.2, 0.25) is 0 Å². The third-order valence-corrected chi connectivity index (χ3v) is 0. The van der Waals surface area contributed by atoms with Gasteiger partial charge in [0.2, 0.25) is 0 Å². The van der Waals surface area contributed by atoms with Gasteiger partial charge < -0.3 is 0 Å². The van der Waals surface area contributed by atoms with Crippen LogP contribution in [0.4, 0.5) is 0 Å². The molecule has 8 radical (unpaired) electrons. The van der Waals surface area contributed by atoms with Crippen LogP contribution >= 0.6 is 0 Å². The molecule has 0 bridgehead atoms. The van der Waals surface area contributed by atoms with Crippen LogP contribution in [0.25, 0.3) is 0 Å². The van der Waals surface area contributed by atoms with Crippen LogP contribution in [-0.2, 0) is 43.4 Å². The van der Waals surface area contributed by atoms with Crippen LogP contribution in [0.1, 0.15) is 7.43 Å². The minimum absolute atomic E-state index is 0. The van der Waals surface area contributed by atoms with Crippen molar-refractivity contribution in [2.24, 2.45) is 0 Å². The van der Waals surface area contributed by atoms with Gasteiger partial charge in [-0.05, 0) is 0 Å². The molecule has 0 aromatic carbocycles. The van der Waals surface area contributed by atoms with Crippen molar-refractivity contribution < 1.29 is 43.4 Å². The fourth-order valence-electron chi connectivity index (χ4n) is 0. The van der Waals surface area contributed by atoms with Gasteiger partial charge in [-0.15, -0.1) is 0 Å². The average molecular weight is 136 g/mol. The molecule has 0 spiro atoms. The number of hydrogen-bond acceptors (Lipinski definition) is 0. The van der Waals surface area contributed by atoms with Gasteiger partial charge in [0.25, 0.3) is 0 Å². The van der Waals surface area contributed by atoms with Crippen molar-refractivity contribution in [2.75, 3.05) is 0 Å². The molecule has 2 heteroatoms. The molecule has 0 rings (SSSR count). The predicted octanol–water partition coefficient (Wildman–Crippen LogP) is 0.794. The van der Waals surface area contributed by atoms with Crippen molar-refractivity contribution >= 4 is 0 Å². The molecular formula is C3H4Ti2. The Labute approximate surface area is 65.5 Å². The van der Waals surface area contributed by atoms with E-state index in [9.17, 15) is 0 Å². The Bertz CT molecular complexity index is 4.85. The smallest absolute Gasteiger partial charge is 0 e. The normalized spacial score (nSPS) is 0. The van der Waals surface area contributed by atoms with E-state index < -0.39 is 0 Å². The van der Waals surface area contributed by atoms with Crippen LogP contribution < -0.4 is 0 Å². The second kappa shape index (κ2) is 52.2. The van der Waals surface area contributed by atoms with Crippen LogP contribution in [0.5, 0.6) is 0 Å². The SMILES string of the molecule is C.[C].[C].[Ti].[Ti]. The Morgan fingerprint density at radius 1 is 0.600 bits per heavy atom. The molecule has 0 fully saturated rings. The van der Waals surface area contributed by atoms with Crippen molar-refractivity contribution in [2.45, 2.75) is 7.43 Å². The molecule has 0 saturated carbocycles. The van der Waals surface area contributed by atoms with Gasteiger partial charge in [-0.2, -0.15) is 0 Å². The molecule has 0 aromatic rings. The zero-order chi connectivity index (χ0) is 0. The largest absolute Gasteiger partial charge is 0.0776 e. The standard InChI is InChI=1S/CH4.2C.2Ti/h1H4;;;;. The summed E-state index contributed by atoms with van der Waals surface area (Å²) in [5.74, 6) is 0. The van der Waals surface area contributed by atoms with E-state index in [-0.39, 0.29) is 65.7 Å². The first-order valence-electron chi connectivity index (χ1n) is 0. The van der Waals surface area contributed by atoms with Crippen LogP contribution in [-0.4, -0.2) is 0 Å². The molecule has 0 nitrogen and oxygen atoms in total. The molecule has 0 aliphatic carbocycles. The molecule has 0 amide bonds. The minimum atomic E-state index is 0. The molecule has 0 aliphatic heterocycles. The average Bonchev–Trinajstić information content (AvgIpc) is 0. The third-order valence-electron chi connectivity index (χ3n) is 0. The van der Waals surface area contributed by atoms with Gasteiger partial charge >= 0.3 is 0 Å². The van der Waals surface area contributed by atoms with E-state index in [1.54, 1.807) is 0 Å². The van der Waals surface area contributed by atoms with Gasteiger partial charge in [-0.3, -0.25) is 0 Å². The Kier molecular flexibility index (Phi) is 969. The summed E-state index contributed by atoms with van der Waals surface area (Å²) in [7, 11) is 0. The Hall–Kier alpha value is 1.43. The molecule has 0 aliphatic rings. The van der Waals surface area contributed by atoms with Gasteiger partial charge in [-0.25, -0.2) is 0 Å². The van der Waals surface area contributed by atoms with E-state index in [1.165, 1.54) is 0 Å². The van der Waals surface area contributed by atoms with Gasteiger partial charge in [0.05, 0.1) is 0 Å². The van der Waals surface area contributed by atoms with Crippen molar-refractivity contribution in [3.05, 3.63) is 14.9 Å². The van der Waals surface area contributed by atoms with E-state index in [2.05, 4.69) is 0 Å². The fraction of sp³-hybridized carbons (Fsp3) is 0.333. The van der Waals surface area contributed by atoms with Gasteiger partial charge in [-0.1, -0.05) is 7.43 Å². The van der Waals surface area contributed by atoms with Crippen LogP contribution in [0.3, 0.4) is 0 Å². The first kappa shape index (κ1) is 92.8. The minimum Gasteiger partial charge on any atom is -0.0776 e. The maximum atomic E-state index is 0. The molecule has 0 heterocycles. The summed E-state index contributed by atoms with van der Waals surface area (Å²) in [5.41, 5.74) is 0.